The van der Waals surface area contributed by atoms with Gasteiger partial charge in [0.15, 0.2) is 0 Å². The fourth-order valence-corrected chi connectivity index (χ4v) is 4.32. The summed E-state index contributed by atoms with van der Waals surface area (Å²) in [6.07, 6.45) is 8.90. The van der Waals surface area contributed by atoms with Gasteiger partial charge in [-0.1, -0.05) is 6.07 Å². The van der Waals surface area contributed by atoms with Gasteiger partial charge >= 0.3 is 0 Å². The molecule has 2 saturated carbocycles. The third-order valence-electron chi connectivity index (χ3n) is 5.63. The average Bonchev–Trinajstić information content (AvgIpc) is 3.29. The van der Waals surface area contributed by atoms with Gasteiger partial charge < -0.3 is 11.1 Å². The fourth-order valence-electron chi connectivity index (χ4n) is 4.32. The van der Waals surface area contributed by atoms with E-state index in [0.29, 0.717) is 18.4 Å². The molecular formula is C18H23N5O. The van der Waals surface area contributed by atoms with E-state index in [0.717, 1.165) is 30.0 Å². The van der Waals surface area contributed by atoms with Crippen LogP contribution in [0, 0.1) is 24.7 Å². The van der Waals surface area contributed by atoms with Gasteiger partial charge in [0.1, 0.15) is 11.6 Å². The number of imidazole rings is 1. The van der Waals surface area contributed by atoms with Crippen LogP contribution in [-0.2, 0) is 11.3 Å². The van der Waals surface area contributed by atoms with Crippen molar-refractivity contribution in [2.24, 2.45) is 23.5 Å². The van der Waals surface area contributed by atoms with Crippen LogP contribution >= 0.6 is 0 Å². The summed E-state index contributed by atoms with van der Waals surface area (Å²) in [4.78, 5) is 21.1. The van der Waals surface area contributed by atoms with Gasteiger partial charge in [-0.3, -0.25) is 9.36 Å². The first-order valence-electron chi connectivity index (χ1n) is 8.62. The highest BCUT2D eigenvalue weighted by Crippen LogP contribution is 2.47. The molecule has 0 aromatic carbocycles. The lowest BCUT2D eigenvalue weighted by Gasteiger charge is -2.27. The molecule has 0 aliphatic heterocycles. The second-order valence-corrected chi connectivity index (χ2v) is 7.02. The first-order chi connectivity index (χ1) is 11.6. The molecule has 2 aromatic heterocycles. The zero-order chi connectivity index (χ0) is 16.7. The monoisotopic (exact) mass is 325 g/mol. The predicted molar refractivity (Wildman–Crippen MR) is 90.2 cm³/mol. The minimum absolute atomic E-state index is 0.00965. The number of pyridine rings is 1. The first-order valence-corrected chi connectivity index (χ1v) is 8.62. The lowest BCUT2D eigenvalue weighted by atomic mass is 9.84. The number of amides is 1. The molecule has 2 bridgehead atoms. The smallest absolute Gasteiger partial charge is 0.225 e. The minimum Gasteiger partial charge on any atom is -0.352 e. The number of hydrogen-bond donors (Lipinski definition) is 2. The van der Waals surface area contributed by atoms with E-state index in [1.54, 1.807) is 12.4 Å². The summed E-state index contributed by atoms with van der Waals surface area (Å²) in [5.41, 5.74) is 7.23. The molecule has 1 amide bonds. The molecular weight excluding hydrogens is 302 g/mol. The number of aromatic nitrogens is 3. The summed E-state index contributed by atoms with van der Waals surface area (Å²) in [5.74, 6) is 2.85. The van der Waals surface area contributed by atoms with E-state index in [1.807, 2.05) is 29.8 Å². The zero-order valence-electron chi connectivity index (χ0n) is 13.9. The Labute approximate surface area is 141 Å². The van der Waals surface area contributed by atoms with E-state index in [2.05, 4.69) is 15.3 Å². The molecule has 2 aromatic rings. The van der Waals surface area contributed by atoms with Gasteiger partial charge in [-0.05, 0) is 49.7 Å². The van der Waals surface area contributed by atoms with Crippen LogP contribution in [0.5, 0.6) is 0 Å². The van der Waals surface area contributed by atoms with E-state index < -0.39 is 0 Å². The van der Waals surface area contributed by atoms with Crippen molar-refractivity contribution in [2.45, 2.75) is 38.8 Å². The Kier molecular flexibility index (Phi) is 3.84. The van der Waals surface area contributed by atoms with E-state index in [1.165, 1.54) is 6.42 Å². The molecule has 6 heteroatoms. The van der Waals surface area contributed by atoms with Crippen molar-refractivity contribution in [1.82, 2.24) is 19.9 Å². The highest BCUT2D eigenvalue weighted by Gasteiger charge is 2.48. The lowest BCUT2D eigenvalue weighted by molar-refractivity contribution is -0.127. The van der Waals surface area contributed by atoms with Crippen molar-refractivity contribution in [3.8, 4) is 5.82 Å². The molecule has 0 saturated heterocycles. The van der Waals surface area contributed by atoms with Crippen LogP contribution in [0.15, 0.2) is 30.7 Å². The maximum atomic E-state index is 12.5. The molecule has 2 heterocycles. The number of carbonyl (C=O) groups is 1. The second-order valence-electron chi connectivity index (χ2n) is 7.02. The maximum absolute atomic E-state index is 12.5. The molecule has 2 aliphatic carbocycles. The molecule has 4 unspecified atom stereocenters. The Morgan fingerprint density at radius 2 is 2.17 bits per heavy atom. The first kappa shape index (κ1) is 15.3. The van der Waals surface area contributed by atoms with Crippen molar-refractivity contribution < 1.29 is 4.79 Å². The number of aryl methyl sites for hydroxylation is 1. The summed E-state index contributed by atoms with van der Waals surface area (Å²) in [6, 6.07) is 3.97. The number of nitrogens with zero attached hydrogens (tertiary/aromatic N) is 3. The van der Waals surface area contributed by atoms with Crippen LogP contribution in [-0.4, -0.2) is 26.5 Å². The maximum Gasteiger partial charge on any atom is 0.225 e. The Morgan fingerprint density at radius 1 is 1.33 bits per heavy atom. The standard InChI is InChI=1S/C18H23N5O/c1-11-20-6-7-23(11)15-5-2-12(9-21-15)10-22-18(24)16-13-3-4-14(8-13)17(16)19/h2,5-7,9,13-14,16-17H,3-4,8,10,19H2,1H3,(H,22,24). The van der Waals surface area contributed by atoms with Crippen molar-refractivity contribution in [3.63, 3.8) is 0 Å². The molecule has 24 heavy (non-hydrogen) atoms. The van der Waals surface area contributed by atoms with Crippen LogP contribution in [0.4, 0.5) is 0 Å². The van der Waals surface area contributed by atoms with Gasteiger partial charge in [-0.2, -0.15) is 0 Å². The van der Waals surface area contributed by atoms with E-state index in [9.17, 15) is 4.79 Å². The Hall–Kier alpha value is -2.21. The Morgan fingerprint density at radius 3 is 2.79 bits per heavy atom. The quantitative estimate of drug-likeness (QED) is 0.893. The van der Waals surface area contributed by atoms with Crippen LogP contribution < -0.4 is 11.1 Å². The topological polar surface area (TPSA) is 85.8 Å². The molecule has 4 rings (SSSR count). The molecule has 2 fully saturated rings. The normalized spacial score (nSPS) is 28.2. The van der Waals surface area contributed by atoms with E-state index in [4.69, 9.17) is 5.73 Å². The van der Waals surface area contributed by atoms with Gasteiger partial charge in [-0.25, -0.2) is 9.97 Å². The van der Waals surface area contributed by atoms with Gasteiger partial charge in [0.05, 0.1) is 5.92 Å². The van der Waals surface area contributed by atoms with Crippen LogP contribution in [0.25, 0.3) is 5.82 Å². The Bertz CT molecular complexity index is 736. The lowest BCUT2D eigenvalue weighted by Crippen LogP contribution is -2.45. The summed E-state index contributed by atoms with van der Waals surface area (Å²) in [7, 11) is 0. The molecule has 6 nitrogen and oxygen atoms in total. The summed E-state index contributed by atoms with van der Waals surface area (Å²) in [6.45, 7) is 2.43. The number of rotatable bonds is 4. The van der Waals surface area contributed by atoms with Crippen molar-refractivity contribution in [3.05, 3.63) is 42.1 Å². The summed E-state index contributed by atoms with van der Waals surface area (Å²) < 4.78 is 1.93. The number of nitrogens with one attached hydrogen (secondary N) is 1. The van der Waals surface area contributed by atoms with Crippen LogP contribution in [0.1, 0.15) is 30.7 Å². The number of hydrogen-bond acceptors (Lipinski definition) is 4. The van der Waals surface area contributed by atoms with Crippen molar-refractivity contribution in [1.29, 1.82) is 0 Å². The highest BCUT2D eigenvalue weighted by molar-refractivity contribution is 5.80. The molecule has 0 spiro atoms. The Balaban J connectivity index is 1.38. The summed E-state index contributed by atoms with van der Waals surface area (Å²) in [5, 5.41) is 3.04. The fraction of sp³-hybridized carbons (Fsp3) is 0.500. The molecule has 126 valence electrons. The number of fused-ring (bicyclic) bond motifs is 2. The predicted octanol–water partition coefficient (Wildman–Crippen LogP) is 1.57. The van der Waals surface area contributed by atoms with Crippen molar-refractivity contribution in [2.75, 3.05) is 0 Å². The molecule has 2 aliphatic rings. The molecule has 0 radical (unpaired) electrons. The minimum atomic E-state index is -0.00965. The number of nitrogens with two attached hydrogens (primary N) is 1. The SMILES string of the molecule is Cc1nccn1-c1ccc(CNC(=O)C2C3CCC(C3)C2N)cn1. The van der Waals surface area contributed by atoms with Gasteiger partial charge in [0.2, 0.25) is 5.91 Å². The molecule has 4 atom stereocenters. The van der Waals surface area contributed by atoms with Gasteiger partial charge in [0, 0.05) is 31.2 Å². The molecule has 3 N–H and O–H groups in total. The van der Waals surface area contributed by atoms with Crippen LogP contribution in [0.3, 0.4) is 0 Å². The van der Waals surface area contributed by atoms with Crippen LogP contribution in [0.2, 0.25) is 0 Å². The van der Waals surface area contributed by atoms with E-state index >= 15 is 0 Å². The largest absolute Gasteiger partial charge is 0.352 e. The average molecular weight is 325 g/mol. The zero-order valence-corrected chi connectivity index (χ0v) is 13.9. The third-order valence-corrected chi connectivity index (χ3v) is 5.63. The van der Waals surface area contributed by atoms with Gasteiger partial charge in [-0.15, -0.1) is 0 Å². The van der Waals surface area contributed by atoms with E-state index in [-0.39, 0.29) is 17.9 Å². The second kappa shape index (κ2) is 6.02. The summed E-state index contributed by atoms with van der Waals surface area (Å²) >= 11 is 0. The highest BCUT2D eigenvalue weighted by atomic mass is 16.1. The van der Waals surface area contributed by atoms with Crippen molar-refractivity contribution >= 4 is 5.91 Å². The number of carbonyl (C=O) groups excluding carboxylic acids is 1. The third kappa shape index (κ3) is 2.60. The van der Waals surface area contributed by atoms with Gasteiger partial charge in [0.25, 0.3) is 0 Å².